The number of benzene rings is 1. The van der Waals surface area contributed by atoms with Crippen LogP contribution in [0.4, 0.5) is 0 Å². The van der Waals surface area contributed by atoms with E-state index in [-0.39, 0.29) is 11.5 Å². The number of allylic oxidation sites excluding steroid dienone is 1. The largest absolute Gasteiger partial charge is 0.393 e. The first-order valence-corrected chi connectivity index (χ1v) is 12.4. The van der Waals surface area contributed by atoms with Crippen LogP contribution in [-0.4, -0.2) is 26.7 Å². The highest BCUT2D eigenvalue weighted by atomic mass is 32.2. The van der Waals surface area contributed by atoms with Crippen LogP contribution in [0, 0.1) is 18.3 Å². The second-order valence-electron chi connectivity index (χ2n) is 9.11. The van der Waals surface area contributed by atoms with E-state index in [9.17, 15) is 5.11 Å². The summed E-state index contributed by atoms with van der Waals surface area (Å²) in [4.78, 5) is 0. The van der Waals surface area contributed by atoms with Gasteiger partial charge in [0.15, 0.2) is 0 Å². The number of thioether (sulfide) groups is 1. The summed E-state index contributed by atoms with van der Waals surface area (Å²) in [5.41, 5.74) is 6.65. The van der Waals surface area contributed by atoms with Gasteiger partial charge in [0.2, 0.25) is 0 Å². The molecule has 3 atom stereocenters. The van der Waals surface area contributed by atoms with Gasteiger partial charge in [0, 0.05) is 0 Å². The van der Waals surface area contributed by atoms with Crippen molar-refractivity contribution in [2.45, 2.75) is 65.4 Å². The molecule has 30 heavy (non-hydrogen) atoms. The Labute approximate surface area is 185 Å². The third-order valence-electron chi connectivity index (χ3n) is 6.99. The van der Waals surface area contributed by atoms with Crippen molar-refractivity contribution in [3.8, 4) is 5.69 Å². The number of fused-ring (bicyclic) bond motifs is 2. The van der Waals surface area contributed by atoms with E-state index in [2.05, 4.69) is 73.5 Å². The molecular formula is C26H34N2OS. The summed E-state index contributed by atoms with van der Waals surface area (Å²) in [5, 5.41) is 17.5. The molecule has 0 radical (unpaired) electrons. The Morgan fingerprint density at radius 2 is 2.13 bits per heavy atom. The quantitative estimate of drug-likeness (QED) is 0.566. The highest BCUT2D eigenvalue weighted by Gasteiger charge is 2.43. The average molecular weight is 423 g/mol. The number of aliphatic hydroxyl groups is 1. The van der Waals surface area contributed by atoms with Crippen molar-refractivity contribution in [3.05, 3.63) is 64.3 Å². The number of aryl methyl sites for hydroxylation is 1. The smallest absolute Gasteiger partial charge is 0.0700 e. The van der Waals surface area contributed by atoms with E-state index in [0.29, 0.717) is 5.92 Å². The first-order valence-electron chi connectivity index (χ1n) is 11.3. The maximum absolute atomic E-state index is 10.7. The number of rotatable bonds is 7. The second kappa shape index (κ2) is 9.15. The lowest BCUT2D eigenvalue weighted by Crippen LogP contribution is -2.38. The summed E-state index contributed by atoms with van der Waals surface area (Å²) in [7, 11) is 0. The van der Waals surface area contributed by atoms with Crippen LogP contribution < -0.4 is 0 Å². The summed E-state index contributed by atoms with van der Waals surface area (Å²) in [5.74, 6) is 1.61. The van der Waals surface area contributed by atoms with Gasteiger partial charge < -0.3 is 5.11 Å². The van der Waals surface area contributed by atoms with Crippen molar-refractivity contribution < 1.29 is 5.11 Å². The zero-order valence-corrected chi connectivity index (χ0v) is 19.3. The van der Waals surface area contributed by atoms with Gasteiger partial charge in [-0.15, -0.1) is 11.8 Å². The molecule has 4 rings (SSSR count). The Hall–Kier alpha value is -1.78. The molecule has 1 aromatic carbocycles. The highest BCUT2D eigenvalue weighted by molar-refractivity contribution is 8.02. The maximum Gasteiger partial charge on any atom is 0.0700 e. The molecule has 1 heterocycles. The van der Waals surface area contributed by atoms with Crippen LogP contribution >= 0.6 is 11.8 Å². The molecule has 1 N–H and O–H groups in total. The zero-order chi connectivity index (χ0) is 21.1. The molecule has 0 amide bonds. The first-order chi connectivity index (χ1) is 14.5. The van der Waals surface area contributed by atoms with Crippen molar-refractivity contribution in [2.75, 3.05) is 5.75 Å². The Bertz CT molecular complexity index is 927. The molecule has 0 spiro atoms. The average Bonchev–Trinajstić information content (AvgIpc) is 3.13. The summed E-state index contributed by atoms with van der Waals surface area (Å²) in [6.07, 6.45) is 12.6. The SMILES string of the molecule is CCS/C=C\CC(O)CC1CCCC2=Cc3c(cnn3-c3ccc(C)cc3)CC21C. The molecule has 2 aromatic rings. The van der Waals surface area contributed by atoms with Crippen LogP contribution in [0.25, 0.3) is 11.8 Å². The van der Waals surface area contributed by atoms with Gasteiger partial charge in [0.05, 0.1) is 23.7 Å². The predicted octanol–water partition coefficient (Wildman–Crippen LogP) is 6.33. The molecule has 0 aliphatic heterocycles. The standard InChI is InChI=1S/C26H34N2OS/c1-4-30-14-6-9-24(29)15-21-7-5-8-22-16-25-20(17-26(21,22)3)18-27-28(25)23-12-10-19(2)11-13-23/h6,10-14,16,18,21,24,29H,4-5,7-9,15,17H2,1-3H3/b14-6-. The van der Waals surface area contributed by atoms with Crippen molar-refractivity contribution in [3.63, 3.8) is 0 Å². The van der Waals surface area contributed by atoms with Gasteiger partial charge in [-0.1, -0.05) is 43.2 Å². The van der Waals surface area contributed by atoms with Gasteiger partial charge >= 0.3 is 0 Å². The first kappa shape index (κ1) is 21.5. The lowest BCUT2D eigenvalue weighted by molar-refractivity contribution is 0.0851. The Balaban J connectivity index is 1.55. The molecule has 1 fully saturated rings. The van der Waals surface area contributed by atoms with Crippen molar-refractivity contribution in [1.29, 1.82) is 0 Å². The molecule has 160 valence electrons. The van der Waals surface area contributed by atoms with Crippen LogP contribution in [0.3, 0.4) is 0 Å². The monoisotopic (exact) mass is 422 g/mol. The lowest BCUT2D eigenvalue weighted by Gasteiger charge is -2.46. The topological polar surface area (TPSA) is 38.1 Å². The molecule has 0 bridgehead atoms. The minimum absolute atomic E-state index is 0.134. The van der Waals surface area contributed by atoms with Crippen molar-refractivity contribution in [1.82, 2.24) is 9.78 Å². The van der Waals surface area contributed by atoms with Gasteiger partial charge in [0.25, 0.3) is 0 Å². The number of nitrogens with zero attached hydrogens (tertiary/aromatic N) is 2. The number of hydrogen-bond acceptors (Lipinski definition) is 3. The molecule has 2 aliphatic rings. The maximum atomic E-state index is 10.7. The van der Waals surface area contributed by atoms with Gasteiger partial charge in [-0.05, 0) is 91.7 Å². The molecule has 1 aromatic heterocycles. The van der Waals surface area contributed by atoms with Gasteiger partial charge in [0.1, 0.15) is 0 Å². The molecule has 2 aliphatic carbocycles. The van der Waals surface area contributed by atoms with E-state index < -0.39 is 0 Å². The van der Waals surface area contributed by atoms with Crippen LogP contribution in [0.2, 0.25) is 0 Å². The van der Waals surface area contributed by atoms with Crippen molar-refractivity contribution >= 4 is 17.8 Å². The molecule has 3 nitrogen and oxygen atoms in total. The Kier molecular flexibility index (Phi) is 6.54. The van der Waals surface area contributed by atoms with Crippen LogP contribution in [0.1, 0.15) is 62.8 Å². The fourth-order valence-corrected chi connectivity index (χ4v) is 5.65. The van der Waals surface area contributed by atoms with Gasteiger partial charge in [-0.3, -0.25) is 0 Å². The fourth-order valence-electron chi connectivity index (χ4n) is 5.21. The molecule has 1 saturated carbocycles. The highest BCUT2D eigenvalue weighted by Crippen LogP contribution is 2.52. The third-order valence-corrected chi connectivity index (χ3v) is 7.71. The normalized spacial score (nSPS) is 24.4. The van der Waals surface area contributed by atoms with E-state index in [1.165, 1.54) is 29.7 Å². The van der Waals surface area contributed by atoms with Gasteiger partial charge in [-0.25, -0.2) is 4.68 Å². The second-order valence-corrected chi connectivity index (χ2v) is 10.3. The predicted molar refractivity (Wildman–Crippen MR) is 128 cm³/mol. The summed E-state index contributed by atoms with van der Waals surface area (Å²) >= 11 is 1.80. The molecule has 0 saturated heterocycles. The summed E-state index contributed by atoms with van der Waals surface area (Å²) in [6, 6.07) is 8.60. The molecule has 4 heteroatoms. The van der Waals surface area contributed by atoms with E-state index in [1.54, 1.807) is 17.3 Å². The van der Waals surface area contributed by atoms with E-state index in [4.69, 9.17) is 5.10 Å². The Morgan fingerprint density at radius 3 is 2.90 bits per heavy atom. The summed E-state index contributed by atoms with van der Waals surface area (Å²) in [6.45, 7) is 6.69. The summed E-state index contributed by atoms with van der Waals surface area (Å²) < 4.78 is 2.09. The number of aliphatic hydroxyl groups excluding tert-OH is 1. The van der Waals surface area contributed by atoms with Crippen LogP contribution in [0.15, 0.2) is 47.5 Å². The van der Waals surface area contributed by atoms with Crippen LogP contribution in [0.5, 0.6) is 0 Å². The van der Waals surface area contributed by atoms with Crippen molar-refractivity contribution in [2.24, 2.45) is 11.3 Å². The zero-order valence-electron chi connectivity index (χ0n) is 18.5. The van der Waals surface area contributed by atoms with E-state index in [1.807, 2.05) is 0 Å². The lowest BCUT2D eigenvalue weighted by atomic mass is 9.58. The van der Waals surface area contributed by atoms with Crippen LogP contribution in [-0.2, 0) is 6.42 Å². The fraction of sp³-hybridized carbons (Fsp3) is 0.500. The third kappa shape index (κ3) is 4.31. The minimum Gasteiger partial charge on any atom is -0.393 e. The minimum atomic E-state index is -0.253. The number of hydrogen-bond donors (Lipinski definition) is 1. The van der Waals surface area contributed by atoms with E-state index in [0.717, 1.165) is 37.1 Å². The Morgan fingerprint density at radius 1 is 1.33 bits per heavy atom. The van der Waals surface area contributed by atoms with Gasteiger partial charge in [-0.2, -0.15) is 5.10 Å². The number of aromatic nitrogens is 2. The van der Waals surface area contributed by atoms with E-state index >= 15 is 0 Å². The molecular weight excluding hydrogens is 388 g/mol. The molecule has 3 unspecified atom stereocenters.